The molecule has 0 aliphatic rings. The summed E-state index contributed by atoms with van der Waals surface area (Å²) in [4.78, 5) is 36.9. The molecular formula is C23H20Cl2F4N4O5. The van der Waals surface area contributed by atoms with Crippen LogP contribution in [0.1, 0.15) is 17.9 Å². The third kappa shape index (κ3) is 7.11. The van der Waals surface area contributed by atoms with Gasteiger partial charge in [0.05, 0.1) is 11.6 Å². The normalized spacial score (nSPS) is 13.2. The minimum absolute atomic E-state index is 0.0554. The van der Waals surface area contributed by atoms with Crippen molar-refractivity contribution in [1.82, 2.24) is 14.3 Å². The van der Waals surface area contributed by atoms with E-state index in [9.17, 15) is 37.1 Å². The number of amides is 1. The number of nitrogens with two attached hydrogens (primary N) is 1. The van der Waals surface area contributed by atoms with Crippen LogP contribution in [-0.4, -0.2) is 50.2 Å². The molecule has 1 amide bonds. The number of primary amides is 1. The fourth-order valence-corrected chi connectivity index (χ4v) is 3.89. The maximum Gasteiger partial charge on any atom is 0.416 e. The van der Waals surface area contributed by atoms with Gasteiger partial charge in [0.25, 0.3) is 0 Å². The summed E-state index contributed by atoms with van der Waals surface area (Å²) in [7, 11) is 0. The molecule has 3 aromatic rings. The first kappa shape index (κ1) is 29.1. The lowest BCUT2D eigenvalue weighted by molar-refractivity contribution is -0.207. The maximum atomic E-state index is 14.6. The molecule has 1 aromatic heterocycles. The number of nitrogens with zero attached hydrogens (tertiary/aromatic N) is 3. The standard InChI is InChI=1S/C23H20Cl2F4N4O5/c24-14-6-4-12(5-7-14)20-31-33(22(37)32(20)10-18(35)23(27,28)29)9-15(34)8-13(11-38-21(30)36)16-2-1-3-17(25)19(16)26/h1-7,13,18,35H,8-11H2,(H2,30,36)/t13?,18-/m0/s1. The van der Waals surface area contributed by atoms with Crippen LogP contribution in [-0.2, 0) is 22.6 Å². The minimum atomic E-state index is -5.02. The minimum Gasteiger partial charge on any atom is -0.449 e. The summed E-state index contributed by atoms with van der Waals surface area (Å²) in [5.41, 5.74) is 4.02. The molecule has 3 rings (SSSR count). The number of carbonyl (C=O) groups excluding carboxylic acids is 2. The Morgan fingerprint density at radius 1 is 1.13 bits per heavy atom. The first-order valence-corrected chi connectivity index (χ1v) is 11.6. The van der Waals surface area contributed by atoms with Gasteiger partial charge in [-0.2, -0.15) is 13.2 Å². The number of aromatic nitrogens is 3. The molecule has 1 heterocycles. The van der Waals surface area contributed by atoms with E-state index in [1.165, 1.54) is 42.5 Å². The SMILES string of the molecule is NC(=O)OCC(CC(=O)Cn1nc(-c2ccc(Cl)cc2)n(C[C@H](O)C(F)(F)F)c1=O)c1cccc(Cl)c1F. The first-order valence-electron chi connectivity index (χ1n) is 10.8. The number of ether oxygens (including phenoxy) is 1. The lowest BCUT2D eigenvalue weighted by atomic mass is 9.94. The average molecular weight is 579 g/mol. The van der Waals surface area contributed by atoms with Crippen LogP contribution in [0.2, 0.25) is 10.0 Å². The fourth-order valence-electron chi connectivity index (χ4n) is 3.58. The van der Waals surface area contributed by atoms with Crippen LogP contribution in [0.15, 0.2) is 47.3 Å². The molecule has 0 fully saturated rings. The van der Waals surface area contributed by atoms with E-state index in [0.29, 0.717) is 14.3 Å². The Morgan fingerprint density at radius 3 is 2.39 bits per heavy atom. The van der Waals surface area contributed by atoms with Crippen molar-refractivity contribution in [1.29, 1.82) is 0 Å². The Morgan fingerprint density at radius 2 is 1.79 bits per heavy atom. The Bertz CT molecular complexity index is 1380. The maximum absolute atomic E-state index is 14.6. The topological polar surface area (TPSA) is 129 Å². The number of alkyl halides is 3. The van der Waals surface area contributed by atoms with Crippen molar-refractivity contribution < 1.29 is 37.0 Å². The molecule has 0 radical (unpaired) electrons. The second-order valence-corrected chi connectivity index (χ2v) is 9.00. The van der Waals surface area contributed by atoms with Gasteiger partial charge in [0.2, 0.25) is 0 Å². The summed E-state index contributed by atoms with van der Waals surface area (Å²) in [6.07, 6.45) is -9.55. The summed E-state index contributed by atoms with van der Waals surface area (Å²) in [5, 5.41) is 13.6. The first-order chi connectivity index (χ1) is 17.8. The van der Waals surface area contributed by atoms with Gasteiger partial charge in [0.1, 0.15) is 19.0 Å². The lowest BCUT2D eigenvalue weighted by Crippen LogP contribution is -2.37. The number of ketones is 1. The average Bonchev–Trinajstić information content (AvgIpc) is 3.13. The highest BCUT2D eigenvalue weighted by molar-refractivity contribution is 6.31. The highest BCUT2D eigenvalue weighted by Crippen LogP contribution is 2.28. The second-order valence-electron chi connectivity index (χ2n) is 8.15. The Balaban J connectivity index is 1.93. The van der Waals surface area contributed by atoms with Gasteiger partial charge in [-0.05, 0) is 35.9 Å². The molecule has 0 aliphatic carbocycles. The smallest absolute Gasteiger partial charge is 0.416 e. The van der Waals surface area contributed by atoms with Gasteiger partial charge >= 0.3 is 18.0 Å². The fraction of sp³-hybridized carbons (Fsp3) is 0.304. The van der Waals surface area contributed by atoms with Crippen molar-refractivity contribution >= 4 is 35.1 Å². The van der Waals surface area contributed by atoms with Gasteiger partial charge < -0.3 is 15.6 Å². The Hall–Kier alpha value is -3.42. The van der Waals surface area contributed by atoms with Gasteiger partial charge in [-0.25, -0.2) is 18.7 Å². The van der Waals surface area contributed by atoms with Crippen LogP contribution >= 0.6 is 23.2 Å². The Labute approximate surface area is 222 Å². The van der Waals surface area contributed by atoms with Crippen LogP contribution in [0.4, 0.5) is 22.4 Å². The van der Waals surface area contributed by atoms with E-state index in [1.54, 1.807) is 0 Å². The van der Waals surface area contributed by atoms with E-state index >= 15 is 0 Å². The summed E-state index contributed by atoms with van der Waals surface area (Å²) in [6, 6.07) is 9.63. The molecule has 15 heteroatoms. The summed E-state index contributed by atoms with van der Waals surface area (Å²) in [5.74, 6) is -2.85. The van der Waals surface area contributed by atoms with E-state index in [1.807, 2.05) is 0 Å². The number of aliphatic hydroxyl groups is 1. The summed E-state index contributed by atoms with van der Waals surface area (Å²) < 4.78 is 59.6. The molecular weight excluding hydrogens is 559 g/mol. The summed E-state index contributed by atoms with van der Waals surface area (Å²) >= 11 is 11.7. The highest BCUT2D eigenvalue weighted by Gasteiger charge is 2.39. The molecule has 2 aromatic carbocycles. The van der Waals surface area contributed by atoms with Crippen LogP contribution < -0.4 is 11.4 Å². The number of aliphatic hydroxyl groups excluding tert-OH is 1. The zero-order chi connectivity index (χ0) is 28.2. The molecule has 0 bridgehead atoms. The number of carbonyl (C=O) groups is 2. The molecule has 0 saturated carbocycles. The van der Waals surface area contributed by atoms with Gasteiger partial charge in [-0.1, -0.05) is 35.3 Å². The zero-order valence-electron chi connectivity index (χ0n) is 19.3. The van der Waals surface area contributed by atoms with Crippen LogP contribution in [0.5, 0.6) is 0 Å². The Kier molecular flexibility index (Phi) is 9.18. The second kappa shape index (κ2) is 12.0. The molecule has 3 N–H and O–H groups in total. The van der Waals surface area contributed by atoms with Gasteiger partial charge in [0, 0.05) is 22.9 Å². The van der Waals surface area contributed by atoms with E-state index in [2.05, 4.69) is 5.10 Å². The molecule has 2 atom stereocenters. The van der Waals surface area contributed by atoms with E-state index in [4.69, 9.17) is 33.7 Å². The molecule has 1 unspecified atom stereocenters. The van der Waals surface area contributed by atoms with E-state index in [0.717, 1.165) is 0 Å². The summed E-state index contributed by atoms with van der Waals surface area (Å²) in [6.45, 7) is -2.39. The number of halogens is 6. The monoisotopic (exact) mass is 578 g/mol. The lowest BCUT2D eigenvalue weighted by Gasteiger charge is -2.17. The van der Waals surface area contributed by atoms with Crippen molar-refractivity contribution in [2.45, 2.75) is 37.7 Å². The van der Waals surface area contributed by atoms with Crippen molar-refractivity contribution in [3.8, 4) is 11.4 Å². The predicted molar refractivity (Wildman–Crippen MR) is 128 cm³/mol. The van der Waals surface area contributed by atoms with Crippen LogP contribution in [0.25, 0.3) is 11.4 Å². The third-order valence-corrected chi connectivity index (χ3v) is 5.95. The van der Waals surface area contributed by atoms with Crippen molar-refractivity contribution in [2.24, 2.45) is 5.73 Å². The largest absolute Gasteiger partial charge is 0.449 e. The van der Waals surface area contributed by atoms with Crippen molar-refractivity contribution in [2.75, 3.05) is 6.61 Å². The molecule has 0 aliphatic heterocycles. The quantitative estimate of drug-likeness (QED) is 0.351. The van der Waals surface area contributed by atoms with Crippen molar-refractivity contribution in [3.63, 3.8) is 0 Å². The molecule has 204 valence electrons. The van der Waals surface area contributed by atoms with Gasteiger partial charge in [0.15, 0.2) is 17.7 Å². The molecule has 9 nitrogen and oxygen atoms in total. The molecule has 0 saturated heterocycles. The van der Waals surface area contributed by atoms with Crippen LogP contribution in [0, 0.1) is 5.82 Å². The zero-order valence-corrected chi connectivity index (χ0v) is 20.8. The van der Waals surface area contributed by atoms with Crippen molar-refractivity contribution in [3.05, 3.63) is 74.4 Å². The number of benzene rings is 2. The van der Waals surface area contributed by atoms with Crippen LogP contribution in [0.3, 0.4) is 0 Å². The number of rotatable bonds is 10. The van der Waals surface area contributed by atoms with E-state index < -0.39 is 67.7 Å². The molecule has 0 spiro atoms. The highest BCUT2D eigenvalue weighted by atomic mass is 35.5. The predicted octanol–water partition coefficient (Wildman–Crippen LogP) is 3.92. The van der Waals surface area contributed by atoms with E-state index in [-0.39, 0.29) is 22.0 Å². The molecule has 38 heavy (non-hydrogen) atoms. The number of Topliss-reactive ketones (excluding diaryl/α,β-unsaturated/α-hetero) is 1. The van der Waals surface area contributed by atoms with Gasteiger partial charge in [-0.3, -0.25) is 9.36 Å². The number of hydrogen-bond acceptors (Lipinski definition) is 6. The third-order valence-electron chi connectivity index (χ3n) is 5.41. The number of hydrogen-bond donors (Lipinski definition) is 2. The van der Waals surface area contributed by atoms with Gasteiger partial charge in [-0.15, -0.1) is 5.10 Å².